The Labute approximate surface area is 82.3 Å². The zero-order chi connectivity index (χ0) is 9.54. The van der Waals surface area contributed by atoms with Gasteiger partial charge in [0.05, 0.1) is 0 Å². The molecule has 12 heavy (non-hydrogen) atoms. The van der Waals surface area contributed by atoms with E-state index in [1.54, 1.807) is 0 Å². The molecule has 0 bridgehead atoms. The van der Waals surface area contributed by atoms with Gasteiger partial charge in [-0.05, 0) is 0 Å². The molecule has 0 aliphatic carbocycles. The minimum absolute atomic E-state index is 0. The summed E-state index contributed by atoms with van der Waals surface area (Å²) < 4.78 is 15.0. The monoisotopic (exact) mass is 203 g/mol. The van der Waals surface area contributed by atoms with Gasteiger partial charge in [0.1, 0.15) is 0 Å². The SMILES string of the molecule is [C-]#N.[C-]#[O+].[C-]#[O+].[Fe+6].c1cc[cH-]c1. The first-order valence-electron chi connectivity index (χ1n) is 2.30. The maximum absolute atomic E-state index is 7.50. The van der Waals surface area contributed by atoms with Crippen LogP contribution in [0.2, 0.25) is 0 Å². The van der Waals surface area contributed by atoms with E-state index in [4.69, 9.17) is 21.1 Å². The summed E-state index contributed by atoms with van der Waals surface area (Å²) in [4.78, 5) is 0. The maximum atomic E-state index is 7.50. The van der Waals surface area contributed by atoms with Crippen LogP contribution in [0.1, 0.15) is 0 Å². The van der Waals surface area contributed by atoms with Gasteiger partial charge in [0.15, 0.2) is 0 Å². The van der Waals surface area contributed by atoms with Crippen molar-refractivity contribution < 1.29 is 26.4 Å². The third-order valence-corrected chi connectivity index (χ3v) is 0.556. The standard InChI is InChI=1S/C5H5.CN.2CO.Fe/c1-2-4-5-3-1;3*1-2;/h1-5H;;;;/q2*-1;;;+6. The average Bonchev–Trinajstić information content (AvgIpc) is 2.71. The van der Waals surface area contributed by atoms with E-state index >= 15 is 0 Å². The minimum Gasteiger partial charge on any atom is -0.214 e. The van der Waals surface area contributed by atoms with Gasteiger partial charge in [0.2, 0.25) is 0 Å². The second-order valence-electron chi connectivity index (χ2n) is 0.962. The molecule has 0 atom stereocenters. The molecule has 0 saturated heterocycles. The molecule has 0 fully saturated rings. The number of hydrogen-bond donors (Lipinski definition) is 0. The first-order chi connectivity index (χ1) is 5.50. The Kier molecular flexibility index (Phi) is 97.5. The smallest absolute Gasteiger partial charge is 0.214 e. The van der Waals surface area contributed by atoms with Gasteiger partial charge in [-0.1, -0.05) is 0 Å². The fourth-order valence-electron chi connectivity index (χ4n) is 0.321. The second-order valence-corrected chi connectivity index (χ2v) is 0.962. The Morgan fingerprint density at radius 1 is 0.917 bits per heavy atom. The van der Waals surface area contributed by atoms with E-state index in [0.717, 1.165) is 0 Å². The molecule has 0 spiro atoms. The molecular weight excluding hydrogens is 198 g/mol. The molecule has 0 aliphatic heterocycles. The number of rotatable bonds is 0. The molecule has 0 aliphatic rings. The molecule has 0 amide bonds. The molecular formula is C8H5FeNO2+4. The minimum atomic E-state index is 0. The first-order valence-corrected chi connectivity index (χ1v) is 2.30. The van der Waals surface area contributed by atoms with Crippen molar-refractivity contribution in [2.45, 2.75) is 0 Å². The molecule has 1 aromatic rings. The van der Waals surface area contributed by atoms with Crippen molar-refractivity contribution in [2.24, 2.45) is 0 Å². The van der Waals surface area contributed by atoms with Crippen molar-refractivity contribution in [3.05, 3.63) is 50.2 Å². The molecule has 4 heteroatoms. The average molecular weight is 203 g/mol. The topological polar surface area (TPSA) is 63.6 Å². The molecule has 58 valence electrons. The van der Waals surface area contributed by atoms with Gasteiger partial charge in [-0.25, -0.2) is 12.1 Å². The summed E-state index contributed by atoms with van der Waals surface area (Å²) in [5.41, 5.74) is 0. The molecule has 0 radical (unpaired) electrons. The molecule has 0 N–H and O–H groups in total. The van der Waals surface area contributed by atoms with Crippen LogP contribution in [0.4, 0.5) is 0 Å². The van der Waals surface area contributed by atoms with E-state index in [1.807, 2.05) is 30.3 Å². The summed E-state index contributed by atoms with van der Waals surface area (Å²) in [6.45, 7) is 13.8. The second kappa shape index (κ2) is 52.2. The summed E-state index contributed by atoms with van der Waals surface area (Å²) in [6.07, 6.45) is 0. The van der Waals surface area contributed by atoms with Gasteiger partial charge in [0.25, 0.3) is 0 Å². The van der Waals surface area contributed by atoms with Crippen LogP contribution in [-0.4, -0.2) is 0 Å². The van der Waals surface area contributed by atoms with Gasteiger partial charge in [-0.3, -0.25) is 0 Å². The van der Waals surface area contributed by atoms with E-state index in [-0.39, 0.29) is 17.1 Å². The van der Waals surface area contributed by atoms with Gasteiger partial charge in [-0.2, -0.15) is 18.2 Å². The Balaban J connectivity index is -0.0000000406. The van der Waals surface area contributed by atoms with E-state index in [2.05, 4.69) is 13.3 Å². The van der Waals surface area contributed by atoms with Crippen molar-refractivity contribution in [2.75, 3.05) is 0 Å². The van der Waals surface area contributed by atoms with Gasteiger partial charge in [0, 0.05) is 0 Å². The summed E-state index contributed by atoms with van der Waals surface area (Å²) in [6, 6.07) is 10.0. The van der Waals surface area contributed by atoms with Crippen molar-refractivity contribution in [1.29, 1.82) is 5.26 Å². The van der Waals surface area contributed by atoms with Gasteiger partial charge < -0.3 is 11.8 Å². The predicted octanol–water partition coefficient (Wildman–Crippen LogP) is 1.42. The van der Waals surface area contributed by atoms with E-state index in [0.29, 0.717) is 0 Å². The van der Waals surface area contributed by atoms with E-state index in [1.165, 1.54) is 0 Å². The Morgan fingerprint density at radius 3 is 1.25 bits per heavy atom. The summed E-state index contributed by atoms with van der Waals surface area (Å²) >= 11 is 0. The molecule has 0 saturated carbocycles. The number of nitrogens with zero attached hydrogens (tertiary/aromatic N) is 1. The number of hydrogen-bond acceptors (Lipinski definition) is 1. The van der Waals surface area contributed by atoms with E-state index < -0.39 is 0 Å². The van der Waals surface area contributed by atoms with Gasteiger partial charge >= 0.3 is 39.7 Å². The van der Waals surface area contributed by atoms with Crippen molar-refractivity contribution in [3.63, 3.8) is 0 Å². The molecule has 0 unspecified atom stereocenters. The van der Waals surface area contributed by atoms with Crippen LogP contribution >= 0.6 is 0 Å². The third-order valence-electron chi connectivity index (χ3n) is 0.556. The van der Waals surface area contributed by atoms with Gasteiger partial charge in [-0.15, -0.1) is 0 Å². The van der Waals surface area contributed by atoms with Crippen LogP contribution < -0.4 is 0 Å². The summed E-state index contributed by atoms with van der Waals surface area (Å²) in [5, 5.41) is 6.25. The van der Waals surface area contributed by atoms with Crippen LogP contribution in [0.25, 0.3) is 0 Å². The summed E-state index contributed by atoms with van der Waals surface area (Å²) in [7, 11) is 0. The van der Waals surface area contributed by atoms with Crippen LogP contribution in [0.15, 0.2) is 30.3 Å². The van der Waals surface area contributed by atoms with Crippen LogP contribution in [0, 0.1) is 25.1 Å². The fourth-order valence-corrected chi connectivity index (χ4v) is 0.321. The Bertz CT molecular complexity index is 145. The normalized spacial score (nSPS) is 3.83. The molecule has 0 aromatic heterocycles. The third kappa shape index (κ3) is 36.9. The largest absolute Gasteiger partial charge is 6.00 e. The van der Waals surface area contributed by atoms with E-state index in [9.17, 15) is 0 Å². The molecule has 0 heterocycles. The fraction of sp³-hybridized carbons (Fsp3) is 0. The summed E-state index contributed by atoms with van der Waals surface area (Å²) in [5.74, 6) is 0. The van der Waals surface area contributed by atoms with Crippen LogP contribution in [0.3, 0.4) is 0 Å². The van der Waals surface area contributed by atoms with Crippen LogP contribution in [0.5, 0.6) is 0 Å². The quantitative estimate of drug-likeness (QED) is 0.357. The van der Waals surface area contributed by atoms with Crippen molar-refractivity contribution in [3.8, 4) is 0 Å². The predicted molar refractivity (Wildman–Crippen MR) is 34.9 cm³/mol. The molecule has 1 rings (SSSR count). The van der Waals surface area contributed by atoms with Crippen molar-refractivity contribution >= 4 is 0 Å². The molecule has 3 nitrogen and oxygen atoms in total. The van der Waals surface area contributed by atoms with Crippen molar-refractivity contribution in [1.82, 2.24) is 0 Å². The Morgan fingerprint density at radius 2 is 1.17 bits per heavy atom. The first kappa shape index (κ1) is 22.4. The molecule has 1 aromatic carbocycles. The maximum Gasteiger partial charge on any atom is 6.00 e. The van der Waals surface area contributed by atoms with Crippen LogP contribution in [-0.2, 0) is 26.4 Å². The zero-order valence-corrected chi connectivity index (χ0v) is 7.11. The Hall–Kier alpha value is -1.16. The zero-order valence-electron chi connectivity index (χ0n) is 6.00.